The second-order valence-corrected chi connectivity index (χ2v) is 6.10. The molecule has 0 saturated carbocycles. The van der Waals surface area contributed by atoms with E-state index in [-0.39, 0.29) is 25.2 Å². The van der Waals surface area contributed by atoms with Crippen molar-refractivity contribution in [2.45, 2.75) is 19.9 Å². The second kappa shape index (κ2) is 8.37. The lowest BCUT2D eigenvalue weighted by atomic mass is 10.1. The largest absolute Gasteiger partial charge is 0.463 e. The first-order valence-corrected chi connectivity index (χ1v) is 8.30. The molecule has 1 aliphatic heterocycles. The number of ether oxygens (including phenoxy) is 1. The molecule has 0 saturated heterocycles. The summed E-state index contributed by atoms with van der Waals surface area (Å²) in [6.07, 6.45) is 0. The number of nitrogens with one attached hydrogen (secondary N) is 3. The molecule has 0 radical (unpaired) electrons. The van der Waals surface area contributed by atoms with Crippen LogP contribution in [0.2, 0.25) is 10.0 Å². The van der Waals surface area contributed by atoms with Crippen molar-refractivity contribution in [2.75, 3.05) is 19.7 Å². The smallest absolute Gasteiger partial charge is 0.337 e. The lowest BCUT2D eigenvalue weighted by Gasteiger charge is -2.23. The average Bonchev–Trinajstić information content (AvgIpc) is 2.52. The number of carbonyl (C=O) groups excluding carboxylic acids is 2. The van der Waals surface area contributed by atoms with Gasteiger partial charge in [-0.05, 0) is 31.5 Å². The molecule has 8 heteroatoms. The van der Waals surface area contributed by atoms with E-state index in [0.717, 1.165) is 5.56 Å². The quantitative estimate of drug-likeness (QED) is 0.671. The topological polar surface area (TPSA) is 79.5 Å². The molecule has 1 aliphatic rings. The van der Waals surface area contributed by atoms with Gasteiger partial charge in [-0.15, -0.1) is 0 Å². The van der Waals surface area contributed by atoms with Crippen LogP contribution in [0.25, 0.3) is 0 Å². The highest BCUT2D eigenvalue weighted by Crippen LogP contribution is 2.26. The van der Waals surface area contributed by atoms with Crippen molar-refractivity contribution in [2.24, 2.45) is 0 Å². The summed E-state index contributed by atoms with van der Waals surface area (Å²) < 4.78 is 5.02. The van der Waals surface area contributed by atoms with E-state index in [4.69, 9.17) is 27.9 Å². The van der Waals surface area contributed by atoms with E-state index in [1.54, 1.807) is 19.1 Å². The van der Waals surface area contributed by atoms with E-state index in [9.17, 15) is 9.59 Å². The average molecular weight is 372 g/mol. The predicted octanol–water partition coefficient (Wildman–Crippen LogP) is 2.77. The van der Waals surface area contributed by atoms with Crippen molar-refractivity contribution in [3.63, 3.8) is 0 Å². The molecule has 2 amide bonds. The molecule has 24 heavy (non-hydrogen) atoms. The molecule has 1 aromatic rings. The zero-order valence-corrected chi connectivity index (χ0v) is 14.9. The van der Waals surface area contributed by atoms with Crippen LogP contribution in [0.5, 0.6) is 0 Å². The number of rotatable bonds is 6. The highest BCUT2D eigenvalue weighted by atomic mass is 35.5. The molecule has 0 aromatic heterocycles. The summed E-state index contributed by atoms with van der Waals surface area (Å²) in [5.74, 6) is -0.445. The molecule has 3 N–H and O–H groups in total. The fourth-order valence-corrected chi connectivity index (χ4v) is 2.89. The first-order valence-electron chi connectivity index (χ1n) is 7.54. The third kappa shape index (κ3) is 4.63. The summed E-state index contributed by atoms with van der Waals surface area (Å²) in [6, 6.07) is 4.82. The zero-order valence-electron chi connectivity index (χ0n) is 13.4. The van der Waals surface area contributed by atoms with Gasteiger partial charge in [-0.25, -0.2) is 9.59 Å². The van der Waals surface area contributed by atoms with Gasteiger partial charge in [0.15, 0.2) is 0 Å². The lowest BCUT2D eigenvalue weighted by molar-refractivity contribution is -0.138. The molecule has 130 valence electrons. The minimum atomic E-state index is -0.445. The summed E-state index contributed by atoms with van der Waals surface area (Å²) in [6.45, 7) is 4.37. The SMILES string of the molecule is CCOC(=O)C1=C(CN[C@H](C)c2ccc(Cl)cc2Cl)NC(=O)NC1. The third-order valence-electron chi connectivity index (χ3n) is 3.59. The van der Waals surface area contributed by atoms with E-state index in [0.29, 0.717) is 27.9 Å². The maximum Gasteiger partial charge on any atom is 0.337 e. The van der Waals surface area contributed by atoms with Crippen LogP contribution >= 0.6 is 23.2 Å². The van der Waals surface area contributed by atoms with E-state index in [1.165, 1.54) is 0 Å². The van der Waals surface area contributed by atoms with Gasteiger partial charge in [0.1, 0.15) is 0 Å². The van der Waals surface area contributed by atoms with E-state index in [2.05, 4.69) is 16.0 Å². The van der Waals surface area contributed by atoms with Gasteiger partial charge in [0.25, 0.3) is 0 Å². The number of hydrogen-bond donors (Lipinski definition) is 3. The molecule has 0 spiro atoms. The van der Waals surface area contributed by atoms with E-state index in [1.807, 2.05) is 13.0 Å². The number of hydrogen-bond acceptors (Lipinski definition) is 4. The molecule has 2 rings (SSSR count). The third-order valence-corrected chi connectivity index (χ3v) is 4.15. The minimum absolute atomic E-state index is 0.0995. The van der Waals surface area contributed by atoms with Gasteiger partial charge in [-0.2, -0.15) is 0 Å². The molecule has 6 nitrogen and oxygen atoms in total. The van der Waals surface area contributed by atoms with Crippen LogP contribution in [0.3, 0.4) is 0 Å². The minimum Gasteiger partial charge on any atom is -0.463 e. The van der Waals surface area contributed by atoms with Gasteiger partial charge >= 0.3 is 12.0 Å². The molecule has 0 unspecified atom stereocenters. The van der Waals surface area contributed by atoms with Crippen molar-refractivity contribution in [3.05, 3.63) is 45.1 Å². The fraction of sp³-hybridized carbons (Fsp3) is 0.375. The van der Waals surface area contributed by atoms with Gasteiger partial charge in [0, 0.05) is 28.3 Å². The molecule has 1 aromatic carbocycles. The summed E-state index contributed by atoms with van der Waals surface area (Å²) in [5, 5.41) is 9.57. The molecule has 1 heterocycles. The van der Waals surface area contributed by atoms with Crippen LogP contribution in [0, 0.1) is 0 Å². The Balaban J connectivity index is 2.11. The Morgan fingerprint density at radius 3 is 2.83 bits per heavy atom. The highest BCUT2D eigenvalue weighted by Gasteiger charge is 2.24. The normalized spacial score (nSPS) is 15.6. The Bertz CT molecular complexity index is 677. The van der Waals surface area contributed by atoms with Crippen molar-refractivity contribution >= 4 is 35.2 Å². The molecular weight excluding hydrogens is 353 g/mol. The standard InChI is InChI=1S/C16H19Cl2N3O3/c1-3-24-15(22)12-7-20-16(23)21-14(12)8-19-9(2)11-5-4-10(17)6-13(11)18/h4-6,9,19H,3,7-8H2,1-2H3,(H2,20,21,23)/t9-/m1/s1. The summed E-state index contributed by atoms with van der Waals surface area (Å²) >= 11 is 12.1. The zero-order chi connectivity index (χ0) is 17.7. The summed E-state index contributed by atoms with van der Waals surface area (Å²) in [7, 11) is 0. The maximum atomic E-state index is 12.0. The predicted molar refractivity (Wildman–Crippen MR) is 93.1 cm³/mol. The Hall–Kier alpha value is -1.76. The summed E-state index contributed by atoms with van der Waals surface area (Å²) in [4.78, 5) is 23.5. The number of amides is 2. The lowest BCUT2D eigenvalue weighted by Crippen LogP contribution is -2.46. The number of esters is 1. The van der Waals surface area contributed by atoms with E-state index >= 15 is 0 Å². The van der Waals surface area contributed by atoms with Crippen molar-refractivity contribution < 1.29 is 14.3 Å². The van der Waals surface area contributed by atoms with Crippen LogP contribution in [-0.4, -0.2) is 31.7 Å². The Kier molecular flexibility index (Phi) is 6.48. The molecule has 0 bridgehead atoms. The van der Waals surface area contributed by atoms with Crippen LogP contribution < -0.4 is 16.0 Å². The van der Waals surface area contributed by atoms with Gasteiger partial charge in [-0.3, -0.25) is 0 Å². The Labute approximate surface area is 150 Å². The van der Waals surface area contributed by atoms with Gasteiger partial charge < -0.3 is 20.7 Å². The molecule has 1 atom stereocenters. The highest BCUT2D eigenvalue weighted by molar-refractivity contribution is 6.35. The molecule has 0 aliphatic carbocycles. The number of benzene rings is 1. The van der Waals surface area contributed by atoms with Crippen LogP contribution in [0.1, 0.15) is 25.5 Å². The van der Waals surface area contributed by atoms with E-state index < -0.39 is 5.97 Å². The van der Waals surface area contributed by atoms with Crippen LogP contribution in [0.4, 0.5) is 4.79 Å². The number of carbonyl (C=O) groups is 2. The maximum absolute atomic E-state index is 12.0. The first kappa shape index (κ1) is 18.6. The van der Waals surface area contributed by atoms with Crippen LogP contribution in [0.15, 0.2) is 29.5 Å². The second-order valence-electron chi connectivity index (χ2n) is 5.25. The van der Waals surface area contributed by atoms with Crippen molar-refractivity contribution in [3.8, 4) is 0 Å². The van der Waals surface area contributed by atoms with Crippen molar-refractivity contribution in [1.82, 2.24) is 16.0 Å². The summed E-state index contributed by atoms with van der Waals surface area (Å²) in [5.41, 5.74) is 1.77. The molecular formula is C16H19Cl2N3O3. The Morgan fingerprint density at radius 2 is 2.17 bits per heavy atom. The number of urea groups is 1. The van der Waals surface area contributed by atoms with Gasteiger partial charge in [-0.1, -0.05) is 29.3 Å². The monoisotopic (exact) mass is 371 g/mol. The number of halogens is 2. The van der Waals surface area contributed by atoms with Gasteiger partial charge in [0.05, 0.1) is 18.7 Å². The fourth-order valence-electron chi connectivity index (χ4n) is 2.31. The Morgan fingerprint density at radius 1 is 1.42 bits per heavy atom. The van der Waals surface area contributed by atoms with Crippen LogP contribution in [-0.2, 0) is 9.53 Å². The first-order chi connectivity index (χ1) is 11.4. The van der Waals surface area contributed by atoms with Gasteiger partial charge in [0.2, 0.25) is 0 Å². The van der Waals surface area contributed by atoms with Crippen molar-refractivity contribution in [1.29, 1.82) is 0 Å². The molecule has 0 fully saturated rings.